The topological polar surface area (TPSA) is 32.5 Å². The maximum atomic E-state index is 6.05. The Balaban J connectivity index is 1.88. The molecule has 1 aromatic carbocycles. The van der Waals surface area contributed by atoms with E-state index in [-0.39, 0.29) is 6.04 Å². The van der Waals surface area contributed by atoms with Crippen molar-refractivity contribution >= 4 is 21.6 Å². The van der Waals surface area contributed by atoms with Gasteiger partial charge in [-0.15, -0.1) is 0 Å². The van der Waals surface area contributed by atoms with Gasteiger partial charge in [0.15, 0.2) is 0 Å². The number of anilines is 1. The van der Waals surface area contributed by atoms with Gasteiger partial charge in [-0.1, -0.05) is 15.9 Å². The molecule has 0 amide bonds. The lowest BCUT2D eigenvalue weighted by Gasteiger charge is -2.44. The summed E-state index contributed by atoms with van der Waals surface area (Å²) < 4.78 is 1.15. The highest BCUT2D eigenvalue weighted by atomic mass is 79.9. The van der Waals surface area contributed by atoms with Gasteiger partial charge in [0.2, 0.25) is 0 Å². The van der Waals surface area contributed by atoms with Gasteiger partial charge in [0, 0.05) is 41.4 Å². The van der Waals surface area contributed by atoms with Crippen LogP contribution in [0, 0.1) is 0 Å². The summed E-state index contributed by atoms with van der Waals surface area (Å²) in [6.45, 7) is 8.08. The molecule has 0 aliphatic carbocycles. The molecule has 0 saturated carbocycles. The molecule has 0 radical (unpaired) electrons. The van der Waals surface area contributed by atoms with Crippen LogP contribution in [0.2, 0.25) is 0 Å². The van der Waals surface area contributed by atoms with E-state index in [2.05, 4.69) is 57.8 Å². The number of benzene rings is 1. The van der Waals surface area contributed by atoms with Crippen molar-refractivity contribution in [3.63, 3.8) is 0 Å². The highest BCUT2D eigenvalue weighted by Crippen LogP contribution is 2.32. The largest absolute Gasteiger partial charge is 0.366 e. The van der Waals surface area contributed by atoms with E-state index in [9.17, 15) is 0 Å². The summed E-state index contributed by atoms with van der Waals surface area (Å²) >= 11 is 3.60. The Morgan fingerprint density at radius 2 is 2.19 bits per heavy atom. The molecule has 2 N–H and O–H groups in total. The Labute approximate surface area is 136 Å². The van der Waals surface area contributed by atoms with Crippen molar-refractivity contribution in [2.75, 3.05) is 24.5 Å². The lowest BCUT2D eigenvalue weighted by Crippen LogP contribution is -2.55. The molecule has 2 aliphatic heterocycles. The molecule has 3 atom stereocenters. The van der Waals surface area contributed by atoms with Crippen LogP contribution >= 0.6 is 15.9 Å². The molecule has 2 heterocycles. The lowest BCUT2D eigenvalue weighted by atomic mass is 10.0. The predicted octanol–water partition coefficient (Wildman–Crippen LogP) is 3.01. The molecular weight excluding hydrogens is 326 g/mol. The number of nitrogens with two attached hydrogens (primary N) is 1. The number of nitrogens with zero attached hydrogens (tertiary/aromatic N) is 2. The number of piperazine rings is 1. The standard InChI is InChI=1S/C17H26BrN3/c1-12(19)8-14-9-15(18)5-6-17(14)21-11-16-4-3-7-20(16)10-13(21)2/h5-6,9,12-13,16H,3-4,7-8,10-11,19H2,1-2H3. The molecule has 116 valence electrons. The van der Waals surface area contributed by atoms with Gasteiger partial charge in [-0.25, -0.2) is 0 Å². The Kier molecular flexibility index (Phi) is 4.57. The van der Waals surface area contributed by atoms with Gasteiger partial charge in [-0.05, 0) is 63.4 Å². The Bertz CT molecular complexity index is 503. The second-order valence-electron chi connectivity index (χ2n) is 6.75. The minimum absolute atomic E-state index is 0.195. The lowest BCUT2D eigenvalue weighted by molar-refractivity contribution is 0.203. The third kappa shape index (κ3) is 3.27. The first-order valence-electron chi connectivity index (χ1n) is 8.09. The van der Waals surface area contributed by atoms with Gasteiger partial charge >= 0.3 is 0 Å². The zero-order chi connectivity index (χ0) is 15.0. The highest BCUT2D eigenvalue weighted by Gasteiger charge is 2.35. The molecule has 3 rings (SSSR count). The quantitative estimate of drug-likeness (QED) is 0.908. The summed E-state index contributed by atoms with van der Waals surface area (Å²) in [6, 6.07) is 8.19. The van der Waals surface area contributed by atoms with Crippen molar-refractivity contribution in [3.8, 4) is 0 Å². The van der Waals surface area contributed by atoms with Crippen LogP contribution < -0.4 is 10.6 Å². The molecule has 3 unspecified atom stereocenters. The maximum Gasteiger partial charge on any atom is 0.0403 e. The zero-order valence-electron chi connectivity index (χ0n) is 13.1. The fourth-order valence-corrected chi connectivity index (χ4v) is 4.28. The van der Waals surface area contributed by atoms with Crippen molar-refractivity contribution in [2.24, 2.45) is 5.73 Å². The van der Waals surface area contributed by atoms with Crippen molar-refractivity contribution < 1.29 is 0 Å². The smallest absolute Gasteiger partial charge is 0.0403 e. The third-order valence-corrected chi connectivity index (χ3v) is 5.32. The van der Waals surface area contributed by atoms with Crippen LogP contribution in [0.5, 0.6) is 0 Å². The average Bonchev–Trinajstić information content (AvgIpc) is 2.84. The van der Waals surface area contributed by atoms with Crippen LogP contribution in [-0.4, -0.2) is 42.7 Å². The Morgan fingerprint density at radius 3 is 2.95 bits per heavy atom. The number of rotatable bonds is 3. The van der Waals surface area contributed by atoms with Crippen LogP contribution in [0.1, 0.15) is 32.3 Å². The average molecular weight is 352 g/mol. The minimum atomic E-state index is 0.195. The van der Waals surface area contributed by atoms with Gasteiger partial charge < -0.3 is 10.6 Å². The molecular formula is C17H26BrN3. The maximum absolute atomic E-state index is 6.05. The van der Waals surface area contributed by atoms with Crippen molar-refractivity contribution in [3.05, 3.63) is 28.2 Å². The second-order valence-corrected chi connectivity index (χ2v) is 7.66. The molecule has 3 nitrogen and oxygen atoms in total. The fraction of sp³-hybridized carbons (Fsp3) is 0.647. The van der Waals surface area contributed by atoms with Gasteiger partial charge in [-0.3, -0.25) is 4.90 Å². The van der Waals surface area contributed by atoms with Crippen molar-refractivity contribution in [2.45, 2.75) is 51.2 Å². The number of halogens is 1. The summed E-state index contributed by atoms with van der Waals surface area (Å²) in [5.74, 6) is 0. The molecule has 0 bridgehead atoms. The summed E-state index contributed by atoms with van der Waals surface area (Å²) in [4.78, 5) is 5.28. The van der Waals surface area contributed by atoms with Gasteiger partial charge in [0.25, 0.3) is 0 Å². The first kappa shape index (κ1) is 15.3. The van der Waals surface area contributed by atoms with Gasteiger partial charge in [0.1, 0.15) is 0 Å². The van der Waals surface area contributed by atoms with E-state index in [1.165, 1.54) is 37.2 Å². The summed E-state index contributed by atoms with van der Waals surface area (Å²) in [7, 11) is 0. The van der Waals surface area contributed by atoms with E-state index in [0.717, 1.165) is 23.5 Å². The van der Waals surface area contributed by atoms with Crippen LogP contribution in [0.4, 0.5) is 5.69 Å². The number of hydrogen-bond donors (Lipinski definition) is 1. The van der Waals surface area contributed by atoms with E-state index < -0.39 is 0 Å². The third-order valence-electron chi connectivity index (χ3n) is 4.83. The zero-order valence-corrected chi connectivity index (χ0v) is 14.6. The predicted molar refractivity (Wildman–Crippen MR) is 92.9 cm³/mol. The fourth-order valence-electron chi connectivity index (χ4n) is 3.87. The number of hydrogen-bond acceptors (Lipinski definition) is 3. The van der Waals surface area contributed by atoms with E-state index >= 15 is 0 Å². The normalized spacial score (nSPS) is 27.7. The van der Waals surface area contributed by atoms with Crippen LogP contribution in [-0.2, 0) is 6.42 Å². The molecule has 0 spiro atoms. The highest BCUT2D eigenvalue weighted by molar-refractivity contribution is 9.10. The van der Waals surface area contributed by atoms with E-state index in [4.69, 9.17) is 5.73 Å². The summed E-state index contributed by atoms with van der Waals surface area (Å²) in [6.07, 6.45) is 3.65. The molecule has 21 heavy (non-hydrogen) atoms. The summed E-state index contributed by atoms with van der Waals surface area (Å²) in [5, 5.41) is 0. The molecule has 0 aromatic heterocycles. The van der Waals surface area contributed by atoms with Gasteiger partial charge in [-0.2, -0.15) is 0 Å². The monoisotopic (exact) mass is 351 g/mol. The first-order valence-corrected chi connectivity index (χ1v) is 8.88. The molecule has 1 aromatic rings. The Hall–Kier alpha value is -0.580. The van der Waals surface area contributed by atoms with Crippen LogP contribution in [0.15, 0.2) is 22.7 Å². The van der Waals surface area contributed by atoms with Gasteiger partial charge in [0.05, 0.1) is 0 Å². The Morgan fingerprint density at radius 1 is 1.38 bits per heavy atom. The molecule has 2 aliphatic rings. The van der Waals surface area contributed by atoms with E-state index in [1.807, 2.05) is 0 Å². The minimum Gasteiger partial charge on any atom is -0.366 e. The van der Waals surface area contributed by atoms with Crippen LogP contribution in [0.25, 0.3) is 0 Å². The first-order chi connectivity index (χ1) is 10.0. The second kappa shape index (κ2) is 6.27. The molecule has 4 heteroatoms. The summed E-state index contributed by atoms with van der Waals surface area (Å²) in [5.41, 5.74) is 8.81. The van der Waals surface area contributed by atoms with E-state index in [1.54, 1.807) is 0 Å². The van der Waals surface area contributed by atoms with Crippen LogP contribution in [0.3, 0.4) is 0 Å². The van der Waals surface area contributed by atoms with Crippen molar-refractivity contribution in [1.29, 1.82) is 0 Å². The molecule has 2 fully saturated rings. The SMILES string of the molecule is CC(N)Cc1cc(Br)ccc1N1CC2CCCN2CC1C. The molecule has 2 saturated heterocycles. The van der Waals surface area contributed by atoms with E-state index in [0.29, 0.717) is 6.04 Å². The number of fused-ring (bicyclic) bond motifs is 1. The van der Waals surface area contributed by atoms with Crippen molar-refractivity contribution in [1.82, 2.24) is 4.90 Å².